The molecule has 0 saturated carbocycles. The molecule has 1 N–H and O–H groups in total. The summed E-state index contributed by atoms with van der Waals surface area (Å²) in [6.07, 6.45) is 8.31. The fraction of sp³-hybridized carbons (Fsp3) is 0.562. The van der Waals surface area contributed by atoms with Crippen molar-refractivity contribution in [2.45, 2.75) is 58.1 Å². The van der Waals surface area contributed by atoms with E-state index in [0.717, 1.165) is 37.1 Å². The van der Waals surface area contributed by atoms with Gasteiger partial charge in [0.25, 0.3) is 0 Å². The molecule has 1 aliphatic carbocycles. The van der Waals surface area contributed by atoms with Crippen molar-refractivity contribution < 1.29 is 5.11 Å². The summed E-state index contributed by atoms with van der Waals surface area (Å²) in [6.45, 7) is 5.16. The summed E-state index contributed by atoms with van der Waals surface area (Å²) >= 11 is 1.74. The molecule has 1 aliphatic rings. The molecule has 0 saturated heterocycles. The highest BCUT2D eigenvalue weighted by molar-refractivity contribution is 7.09. The number of thiazole rings is 1. The highest BCUT2D eigenvalue weighted by Crippen LogP contribution is 2.29. The lowest BCUT2D eigenvalue weighted by Gasteiger charge is -2.06. The topological polar surface area (TPSA) is 38.0 Å². The number of hydrogen-bond donors (Lipinski definition) is 1. The number of nitrogens with zero attached hydrogens (tertiary/aromatic N) is 2. The van der Waals surface area contributed by atoms with Gasteiger partial charge in [-0.2, -0.15) is 0 Å². The molecule has 0 spiro atoms. The number of fused-ring (bicyclic) bond motifs is 1. The number of aliphatic hydroxyl groups is 1. The van der Waals surface area contributed by atoms with Gasteiger partial charge >= 0.3 is 0 Å². The molecule has 0 bridgehead atoms. The maximum Gasteiger partial charge on any atom is 0.0954 e. The van der Waals surface area contributed by atoms with Gasteiger partial charge in [0.05, 0.1) is 23.4 Å². The van der Waals surface area contributed by atoms with Gasteiger partial charge in [0.2, 0.25) is 0 Å². The Hall–Kier alpha value is -1.13. The summed E-state index contributed by atoms with van der Waals surface area (Å²) in [5.41, 5.74) is 3.56. The van der Waals surface area contributed by atoms with Crippen LogP contribution in [0.2, 0.25) is 0 Å². The number of aromatic nitrogens is 2. The first-order valence-corrected chi connectivity index (χ1v) is 8.32. The van der Waals surface area contributed by atoms with Crippen molar-refractivity contribution >= 4 is 11.3 Å². The number of aryl methyl sites for hydroxylation is 1. The Labute approximate surface area is 124 Å². The fourth-order valence-electron chi connectivity index (χ4n) is 2.83. The average Bonchev–Trinajstić information content (AvgIpc) is 2.99. The Morgan fingerprint density at radius 2 is 2.25 bits per heavy atom. The molecular formula is C16H22N2OS. The predicted octanol–water partition coefficient (Wildman–Crippen LogP) is 3.88. The summed E-state index contributed by atoms with van der Waals surface area (Å²) in [6, 6.07) is 0. The van der Waals surface area contributed by atoms with Gasteiger partial charge in [0.1, 0.15) is 0 Å². The summed E-state index contributed by atoms with van der Waals surface area (Å²) in [7, 11) is 0. The van der Waals surface area contributed by atoms with E-state index in [4.69, 9.17) is 0 Å². The van der Waals surface area contributed by atoms with E-state index in [9.17, 15) is 5.11 Å². The minimum Gasteiger partial charge on any atom is -0.388 e. The Morgan fingerprint density at radius 3 is 3.00 bits per heavy atom. The number of hydrogen-bond acceptors (Lipinski definition) is 3. The molecule has 0 amide bonds. The van der Waals surface area contributed by atoms with Crippen LogP contribution in [0.1, 0.15) is 67.0 Å². The molecule has 2 aromatic rings. The minimum absolute atomic E-state index is 0.282. The van der Waals surface area contributed by atoms with E-state index >= 15 is 0 Å². The van der Waals surface area contributed by atoms with Crippen molar-refractivity contribution in [3.05, 3.63) is 39.6 Å². The highest BCUT2D eigenvalue weighted by atomic mass is 32.1. The van der Waals surface area contributed by atoms with Crippen LogP contribution >= 0.6 is 11.3 Å². The van der Waals surface area contributed by atoms with Gasteiger partial charge in [-0.15, -0.1) is 11.3 Å². The van der Waals surface area contributed by atoms with Gasteiger partial charge < -0.3 is 9.67 Å². The lowest BCUT2D eigenvalue weighted by atomic mass is 10.1. The summed E-state index contributed by atoms with van der Waals surface area (Å²) < 4.78 is 2.18. The van der Waals surface area contributed by atoms with E-state index in [1.807, 2.05) is 0 Å². The zero-order valence-corrected chi connectivity index (χ0v) is 13.0. The molecule has 0 radical (unpaired) electrons. The van der Waals surface area contributed by atoms with Crippen LogP contribution in [-0.2, 0) is 13.0 Å². The molecule has 3 nitrogen and oxygen atoms in total. The van der Waals surface area contributed by atoms with Gasteiger partial charge in [-0.1, -0.05) is 20.3 Å². The SMILES string of the molecule is CC(C)c1nc(Cn2cc3c(c2)C(O)CCCC3)cs1. The van der Waals surface area contributed by atoms with Crippen molar-refractivity contribution in [2.24, 2.45) is 0 Å². The summed E-state index contributed by atoms with van der Waals surface area (Å²) in [4.78, 5) is 4.68. The molecule has 20 heavy (non-hydrogen) atoms. The second-order valence-electron chi connectivity index (χ2n) is 6.00. The first-order valence-electron chi connectivity index (χ1n) is 7.44. The predicted molar refractivity (Wildman–Crippen MR) is 82.3 cm³/mol. The van der Waals surface area contributed by atoms with Crippen LogP contribution in [0.25, 0.3) is 0 Å². The Kier molecular flexibility index (Phi) is 3.94. The maximum atomic E-state index is 10.2. The Morgan fingerprint density at radius 1 is 1.40 bits per heavy atom. The van der Waals surface area contributed by atoms with E-state index in [1.54, 1.807) is 11.3 Å². The third kappa shape index (κ3) is 2.81. The van der Waals surface area contributed by atoms with Crippen molar-refractivity contribution in [3.8, 4) is 0 Å². The second-order valence-corrected chi connectivity index (χ2v) is 6.89. The van der Waals surface area contributed by atoms with Gasteiger partial charge in [-0.05, 0) is 24.8 Å². The third-order valence-corrected chi connectivity index (χ3v) is 5.13. The monoisotopic (exact) mass is 290 g/mol. The zero-order valence-electron chi connectivity index (χ0n) is 12.2. The van der Waals surface area contributed by atoms with E-state index in [-0.39, 0.29) is 6.10 Å². The zero-order chi connectivity index (χ0) is 14.1. The molecule has 0 aliphatic heterocycles. The van der Waals surface area contributed by atoms with Crippen LogP contribution in [0, 0.1) is 0 Å². The lowest BCUT2D eigenvalue weighted by molar-refractivity contribution is 0.166. The fourth-order valence-corrected chi connectivity index (χ4v) is 3.66. The Bertz CT molecular complexity index is 585. The summed E-state index contributed by atoms with van der Waals surface area (Å²) in [5, 5.41) is 13.5. The van der Waals surface area contributed by atoms with Gasteiger partial charge in [-0.25, -0.2) is 4.98 Å². The van der Waals surface area contributed by atoms with E-state index in [1.165, 1.54) is 17.0 Å². The molecule has 2 aromatic heterocycles. The molecule has 108 valence electrons. The highest BCUT2D eigenvalue weighted by Gasteiger charge is 2.18. The van der Waals surface area contributed by atoms with Crippen molar-refractivity contribution in [3.63, 3.8) is 0 Å². The van der Waals surface area contributed by atoms with Crippen LogP contribution < -0.4 is 0 Å². The van der Waals surface area contributed by atoms with Crippen LogP contribution in [-0.4, -0.2) is 14.7 Å². The van der Waals surface area contributed by atoms with Crippen LogP contribution in [0.5, 0.6) is 0 Å². The van der Waals surface area contributed by atoms with Gasteiger partial charge in [0.15, 0.2) is 0 Å². The summed E-state index contributed by atoms with van der Waals surface area (Å²) in [5.74, 6) is 0.497. The molecule has 4 heteroatoms. The maximum absolute atomic E-state index is 10.2. The number of aliphatic hydroxyl groups excluding tert-OH is 1. The van der Waals surface area contributed by atoms with Gasteiger partial charge in [0, 0.05) is 29.3 Å². The molecule has 0 aromatic carbocycles. The quantitative estimate of drug-likeness (QED) is 0.871. The van der Waals surface area contributed by atoms with E-state index in [0.29, 0.717) is 5.92 Å². The number of rotatable bonds is 3. The van der Waals surface area contributed by atoms with Crippen molar-refractivity contribution in [1.82, 2.24) is 9.55 Å². The average molecular weight is 290 g/mol. The van der Waals surface area contributed by atoms with Crippen molar-refractivity contribution in [1.29, 1.82) is 0 Å². The largest absolute Gasteiger partial charge is 0.388 e. The standard InChI is InChI=1S/C16H22N2OS/c1-11(2)16-17-13(10-20-16)8-18-7-12-5-3-4-6-15(19)14(12)9-18/h7,9-11,15,19H,3-6,8H2,1-2H3. The van der Waals surface area contributed by atoms with Crippen LogP contribution in [0.4, 0.5) is 0 Å². The second kappa shape index (κ2) is 5.70. The molecule has 1 atom stereocenters. The third-order valence-electron chi connectivity index (χ3n) is 3.94. The Balaban J connectivity index is 1.79. The normalized spacial score (nSPS) is 19.1. The van der Waals surface area contributed by atoms with Crippen LogP contribution in [0.15, 0.2) is 17.8 Å². The van der Waals surface area contributed by atoms with E-state index in [2.05, 4.69) is 41.2 Å². The molecule has 0 fully saturated rings. The molecular weight excluding hydrogens is 268 g/mol. The molecule has 2 heterocycles. The van der Waals surface area contributed by atoms with Gasteiger partial charge in [-0.3, -0.25) is 0 Å². The van der Waals surface area contributed by atoms with E-state index < -0.39 is 0 Å². The minimum atomic E-state index is -0.282. The smallest absolute Gasteiger partial charge is 0.0954 e. The first kappa shape index (κ1) is 13.8. The first-order chi connectivity index (χ1) is 9.63. The van der Waals surface area contributed by atoms with Crippen LogP contribution in [0.3, 0.4) is 0 Å². The molecule has 3 rings (SSSR count). The molecule has 1 unspecified atom stereocenters. The van der Waals surface area contributed by atoms with Crippen molar-refractivity contribution in [2.75, 3.05) is 0 Å². The lowest BCUT2D eigenvalue weighted by Crippen LogP contribution is -1.99.